The molecule has 0 spiro atoms. The molecular weight excluding hydrogens is 400 g/mol. The van der Waals surface area contributed by atoms with Crippen molar-refractivity contribution < 1.29 is 9.53 Å². The molecule has 1 aliphatic heterocycles. The molecule has 4 nitrogen and oxygen atoms in total. The summed E-state index contributed by atoms with van der Waals surface area (Å²) in [6, 6.07) is 5.95. The molecule has 1 aromatic rings. The maximum atomic E-state index is 12.4. The van der Waals surface area contributed by atoms with Gasteiger partial charge in [0.1, 0.15) is 0 Å². The lowest BCUT2D eigenvalue weighted by molar-refractivity contribution is -0.137. The number of ether oxygens (including phenoxy) is 1. The van der Waals surface area contributed by atoms with Gasteiger partial charge in [-0.05, 0) is 31.5 Å². The third-order valence-corrected chi connectivity index (χ3v) is 4.80. The van der Waals surface area contributed by atoms with Crippen LogP contribution in [-0.4, -0.2) is 43.2 Å². The summed E-state index contributed by atoms with van der Waals surface area (Å²) in [5.41, 5.74) is 1.14. The van der Waals surface area contributed by atoms with E-state index in [0.29, 0.717) is 26.3 Å². The molecule has 6 heteroatoms. The van der Waals surface area contributed by atoms with Crippen LogP contribution in [0.1, 0.15) is 25.5 Å². The van der Waals surface area contributed by atoms with E-state index in [1.807, 2.05) is 24.0 Å². The summed E-state index contributed by atoms with van der Waals surface area (Å²) in [5.74, 6) is 0.137. The number of carbonyl (C=O) groups excluding carboxylic acids is 1. The van der Waals surface area contributed by atoms with Gasteiger partial charge in [0.25, 0.3) is 0 Å². The Labute approximate surface area is 142 Å². The Hall–Kier alpha value is -0.430. The van der Waals surface area contributed by atoms with E-state index >= 15 is 0 Å². The Morgan fingerprint density at radius 1 is 1.29 bits per heavy atom. The topological polar surface area (TPSA) is 41.6 Å². The number of nitrogens with one attached hydrogen (secondary N) is 1. The highest BCUT2D eigenvalue weighted by Gasteiger charge is 2.24. The fourth-order valence-corrected chi connectivity index (χ4v) is 3.84. The molecule has 1 N–H and O–H groups in total. The lowest BCUT2D eigenvalue weighted by Gasteiger charge is -2.30. The third-order valence-electron chi connectivity index (χ3n) is 3.62. The van der Waals surface area contributed by atoms with E-state index < -0.39 is 0 Å². The van der Waals surface area contributed by atoms with Gasteiger partial charge in [-0.1, -0.05) is 37.9 Å². The molecule has 1 fully saturated rings. The molecule has 1 aromatic carbocycles. The van der Waals surface area contributed by atoms with Crippen LogP contribution < -0.4 is 5.32 Å². The molecule has 0 saturated carbocycles. The van der Waals surface area contributed by atoms with E-state index in [4.69, 9.17) is 4.74 Å². The van der Waals surface area contributed by atoms with E-state index in [-0.39, 0.29) is 18.0 Å². The van der Waals surface area contributed by atoms with E-state index in [1.165, 1.54) is 0 Å². The molecule has 0 bridgehead atoms. The quantitative estimate of drug-likeness (QED) is 0.815. The number of halogens is 2. The van der Waals surface area contributed by atoms with Gasteiger partial charge in [-0.25, -0.2) is 0 Å². The van der Waals surface area contributed by atoms with Crippen molar-refractivity contribution in [3.05, 3.63) is 32.7 Å². The van der Waals surface area contributed by atoms with Crippen LogP contribution in [0.4, 0.5) is 0 Å². The maximum absolute atomic E-state index is 12.4. The second kappa shape index (κ2) is 7.72. The first-order chi connectivity index (χ1) is 9.99. The van der Waals surface area contributed by atoms with Gasteiger partial charge in [0, 0.05) is 28.1 Å². The average Bonchev–Trinajstić information content (AvgIpc) is 2.47. The van der Waals surface area contributed by atoms with E-state index in [2.05, 4.69) is 50.2 Å². The minimum Gasteiger partial charge on any atom is -0.378 e. The molecule has 0 aromatic heterocycles. The Kier molecular flexibility index (Phi) is 6.22. The lowest BCUT2D eigenvalue weighted by atomic mass is 10.1. The molecule has 21 heavy (non-hydrogen) atoms. The Balaban J connectivity index is 1.97. The van der Waals surface area contributed by atoms with Crippen LogP contribution in [-0.2, 0) is 9.53 Å². The second-order valence-corrected chi connectivity index (χ2v) is 6.98. The zero-order valence-corrected chi connectivity index (χ0v) is 15.4. The van der Waals surface area contributed by atoms with Gasteiger partial charge >= 0.3 is 0 Å². The standard InChI is InChI=1S/C15H20Br2N2O2/c1-10(13-4-3-12(16)9-14(13)17)18-11(2)15(20)19-5-7-21-8-6-19/h3-4,9-11,18H,5-8H2,1-2H3. The normalized spacial score (nSPS) is 18.4. The molecule has 2 unspecified atom stereocenters. The Morgan fingerprint density at radius 3 is 2.57 bits per heavy atom. The van der Waals surface area contributed by atoms with Crippen molar-refractivity contribution in [1.82, 2.24) is 10.2 Å². The summed E-state index contributed by atoms with van der Waals surface area (Å²) in [7, 11) is 0. The SMILES string of the molecule is CC(NC(C)c1ccc(Br)cc1Br)C(=O)N1CCOCC1. The van der Waals surface area contributed by atoms with Crippen molar-refractivity contribution in [2.45, 2.75) is 25.9 Å². The first-order valence-corrected chi connectivity index (χ1v) is 8.65. The van der Waals surface area contributed by atoms with Crippen LogP contribution in [0.5, 0.6) is 0 Å². The molecule has 1 amide bonds. The predicted molar refractivity (Wildman–Crippen MR) is 90.3 cm³/mol. The third kappa shape index (κ3) is 4.52. The highest BCUT2D eigenvalue weighted by Crippen LogP contribution is 2.27. The maximum Gasteiger partial charge on any atom is 0.239 e. The second-order valence-electron chi connectivity index (χ2n) is 5.21. The zero-order chi connectivity index (χ0) is 15.4. The molecule has 2 rings (SSSR count). The largest absolute Gasteiger partial charge is 0.378 e. The van der Waals surface area contributed by atoms with Gasteiger partial charge in [0.2, 0.25) is 5.91 Å². The molecule has 1 saturated heterocycles. The van der Waals surface area contributed by atoms with Gasteiger partial charge in [-0.3, -0.25) is 10.1 Å². The first-order valence-electron chi connectivity index (χ1n) is 7.06. The number of hydrogen-bond donors (Lipinski definition) is 1. The predicted octanol–water partition coefficient (Wildman–Crippen LogP) is 3.11. The highest BCUT2D eigenvalue weighted by molar-refractivity contribution is 9.11. The van der Waals surface area contributed by atoms with Crippen molar-refractivity contribution in [2.24, 2.45) is 0 Å². The smallest absolute Gasteiger partial charge is 0.239 e. The van der Waals surface area contributed by atoms with Crippen molar-refractivity contribution in [1.29, 1.82) is 0 Å². The van der Waals surface area contributed by atoms with Crippen LogP contribution in [0.2, 0.25) is 0 Å². The zero-order valence-electron chi connectivity index (χ0n) is 12.2. The van der Waals surface area contributed by atoms with Gasteiger partial charge < -0.3 is 9.64 Å². The molecule has 0 aliphatic carbocycles. The Bertz CT molecular complexity index is 504. The molecule has 0 radical (unpaired) electrons. The minimum absolute atomic E-state index is 0.0902. The summed E-state index contributed by atoms with van der Waals surface area (Å²) in [4.78, 5) is 14.3. The summed E-state index contributed by atoms with van der Waals surface area (Å²) >= 11 is 7.02. The van der Waals surface area contributed by atoms with Crippen LogP contribution in [0.25, 0.3) is 0 Å². The summed E-state index contributed by atoms with van der Waals surface area (Å²) in [6.07, 6.45) is 0. The summed E-state index contributed by atoms with van der Waals surface area (Å²) in [5, 5.41) is 3.38. The average molecular weight is 420 g/mol. The molecule has 1 heterocycles. The van der Waals surface area contributed by atoms with Crippen LogP contribution in [0.3, 0.4) is 0 Å². The van der Waals surface area contributed by atoms with Crippen molar-refractivity contribution in [3.63, 3.8) is 0 Å². The molecule has 1 aliphatic rings. The number of rotatable bonds is 4. The van der Waals surface area contributed by atoms with Gasteiger partial charge in [0.15, 0.2) is 0 Å². The Morgan fingerprint density at radius 2 is 1.95 bits per heavy atom. The van der Waals surface area contributed by atoms with E-state index in [9.17, 15) is 4.79 Å². The van der Waals surface area contributed by atoms with Crippen LogP contribution >= 0.6 is 31.9 Å². The monoisotopic (exact) mass is 418 g/mol. The number of carbonyl (C=O) groups is 1. The van der Waals surface area contributed by atoms with E-state index in [1.54, 1.807) is 0 Å². The van der Waals surface area contributed by atoms with Crippen molar-refractivity contribution in [2.75, 3.05) is 26.3 Å². The summed E-state index contributed by atoms with van der Waals surface area (Å²) < 4.78 is 7.34. The minimum atomic E-state index is -0.214. The first kappa shape index (κ1) is 16.9. The number of nitrogens with zero attached hydrogens (tertiary/aromatic N) is 1. The van der Waals surface area contributed by atoms with Crippen molar-refractivity contribution in [3.8, 4) is 0 Å². The van der Waals surface area contributed by atoms with Crippen molar-refractivity contribution >= 4 is 37.8 Å². The summed E-state index contributed by atoms with van der Waals surface area (Å²) in [6.45, 7) is 6.61. The van der Waals surface area contributed by atoms with Crippen LogP contribution in [0.15, 0.2) is 27.1 Å². The molecule has 2 atom stereocenters. The van der Waals surface area contributed by atoms with Gasteiger partial charge in [0.05, 0.1) is 19.3 Å². The van der Waals surface area contributed by atoms with E-state index in [0.717, 1.165) is 14.5 Å². The highest BCUT2D eigenvalue weighted by atomic mass is 79.9. The number of morpholine rings is 1. The molecule has 116 valence electrons. The van der Waals surface area contributed by atoms with Gasteiger partial charge in [-0.2, -0.15) is 0 Å². The van der Waals surface area contributed by atoms with Crippen LogP contribution in [0, 0.1) is 0 Å². The molecular formula is C15H20Br2N2O2. The number of benzene rings is 1. The number of hydrogen-bond acceptors (Lipinski definition) is 3. The number of amides is 1. The fraction of sp³-hybridized carbons (Fsp3) is 0.533. The lowest BCUT2D eigenvalue weighted by Crippen LogP contribution is -2.49. The van der Waals surface area contributed by atoms with Gasteiger partial charge in [-0.15, -0.1) is 0 Å². The fourth-order valence-electron chi connectivity index (χ4n) is 2.45.